The van der Waals surface area contributed by atoms with Crippen molar-refractivity contribution in [3.05, 3.63) is 59.8 Å². The molecule has 0 atom stereocenters. The van der Waals surface area contributed by atoms with Crippen LogP contribution in [0.1, 0.15) is 17.0 Å². The fourth-order valence-electron chi connectivity index (χ4n) is 3.57. The molecule has 0 aliphatic carbocycles. The maximum absolute atomic E-state index is 12.6. The minimum absolute atomic E-state index is 0.0983. The van der Waals surface area contributed by atoms with E-state index in [4.69, 9.17) is 0 Å². The van der Waals surface area contributed by atoms with Crippen molar-refractivity contribution >= 4 is 29.3 Å². The molecule has 0 fully saturated rings. The van der Waals surface area contributed by atoms with Crippen LogP contribution in [0.3, 0.4) is 0 Å². The first-order valence-corrected chi connectivity index (χ1v) is 10.3. The zero-order valence-corrected chi connectivity index (χ0v) is 18.6. The van der Waals surface area contributed by atoms with Crippen LogP contribution in [-0.4, -0.2) is 52.6 Å². The van der Waals surface area contributed by atoms with Crippen molar-refractivity contribution in [3.63, 3.8) is 0 Å². The van der Waals surface area contributed by atoms with Crippen molar-refractivity contribution in [3.8, 4) is 11.1 Å². The molecule has 4 heterocycles. The van der Waals surface area contributed by atoms with Crippen LogP contribution in [0.25, 0.3) is 16.7 Å². The number of hydrogen-bond donors (Lipinski definition) is 2. The van der Waals surface area contributed by atoms with E-state index < -0.39 is 0 Å². The molecule has 164 valence electrons. The molecule has 0 aromatic carbocycles. The molecule has 0 unspecified atom stereocenters. The van der Waals surface area contributed by atoms with E-state index >= 15 is 0 Å². The molecular formula is C23H26N8O. The van der Waals surface area contributed by atoms with Crippen molar-refractivity contribution in [2.24, 2.45) is 4.99 Å². The summed E-state index contributed by atoms with van der Waals surface area (Å²) in [5.74, 6) is 1.19. The Morgan fingerprint density at radius 1 is 1.12 bits per heavy atom. The second-order valence-electron chi connectivity index (χ2n) is 7.76. The van der Waals surface area contributed by atoms with Gasteiger partial charge in [-0.3, -0.25) is 14.5 Å². The zero-order valence-electron chi connectivity index (χ0n) is 18.6. The van der Waals surface area contributed by atoms with Crippen molar-refractivity contribution in [2.75, 3.05) is 31.0 Å². The Morgan fingerprint density at radius 3 is 2.53 bits per heavy atom. The molecule has 0 saturated carbocycles. The molecule has 9 heteroatoms. The summed E-state index contributed by atoms with van der Waals surface area (Å²) in [6.07, 6.45) is 7.25. The van der Waals surface area contributed by atoms with Gasteiger partial charge in [-0.05, 0) is 38.1 Å². The summed E-state index contributed by atoms with van der Waals surface area (Å²) in [4.78, 5) is 27.6. The number of rotatable bonds is 6. The number of carbonyl (C=O) groups is 1. The number of nitrogens with zero attached hydrogens (tertiary/aromatic N) is 6. The largest absolute Gasteiger partial charge is 0.372 e. The molecule has 1 amide bonds. The fourth-order valence-corrected chi connectivity index (χ4v) is 3.57. The first-order chi connectivity index (χ1) is 15.4. The second-order valence-corrected chi connectivity index (χ2v) is 7.76. The molecule has 0 spiro atoms. The molecule has 4 rings (SSSR count). The molecule has 32 heavy (non-hydrogen) atoms. The topological polar surface area (TPSA) is 100 Å². The highest BCUT2D eigenvalue weighted by Gasteiger charge is 2.16. The molecule has 0 radical (unpaired) electrons. The van der Waals surface area contributed by atoms with Gasteiger partial charge in [0.15, 0.2) is 0 Å². The van der Waals surface area contributed by atoms with Crippen LogP contribution < -0.4 is 15.5 Å². The standard InChI is InChI=1S/C23H26N8O/c1-15-23(18-6-8-21(27-12-18)30(3)4)16(2)31(29-15)13-22(32)28-20-7-5-17(11-26-20)19-9-24-14-25-10-19/h5-12,24H,13-14H2,1-4H3,(H,26,28,32). The van der Waals surface area contributed by atoms with Crippen molar-refractivity contribution in [1.29, 1.82) is 0 Å². The Hall–Kier alpha value is -4.01. The van der Waals surface area contributed by atoms with Crippen LogP contribution in [0.4, 0.5) is 11.6 Å². The highest BCUT2D eigenvalue weighted by atomic mass is 16.2. The normalized spacial score (nSPS) is 12.8. The third kappa shape index (κ3) is 4.51. The van der Waals surface area contributed by atoms with Gasteiger partial charge >= 0.3 is 0 Å². The number of aliphatic imine (C=N–C) groups is 1. The van der Waals surface area contributed by atoms with Crippen molar-refractivity contribution in [2.45, 2.75) is 20.4 Å². The average molecular weight is 431 g/mol. The molecule has 0 bridgehead atoms. The lowest BCUT2D eigenvalue weighted by molar-refractivity contribution is -0.117. The van der Waals surface area contributed by atoms with Crippen LogP contribution in [0.5, 0.6) is 0 Å². The van der Waals surface area contributed by atoms with Crippen LogP contribution >= 0.6 is 0 Å². The van der Waals surface area contributed by atoms with Gasteiger partial charge in [-0.15, -0.1) is 0 Å². The number of allylic oxidation sites excluding steroid dienone is 1. The van der Waals surface area contributed by atoms with Crippen molar-refractivity contribution < 1.29 is 4.79 Å². The number of amides is 1. The molecule has 1 aliphatic heterocycles. The summed E-state index contributed by atoms with van der Waals surface area (Å²) >= 11 is 0. The summed E-state index contributed by atoms with van der Waals surface area (Å²) in [7, 11) is 3.91. The van der Waals surface area contributed by atoms with E-state index in [9.17, 15) is 4.79 Å². The van der Waals surface area contributed by atoms with E-state index in [0.29, 0.717) is 12.5 Å². The average Bonchev–Trinajstić information content (AvgIpc) is 3.07. The number of pyridine rings is 2. The van der Waals surface area contributed by atoms with E-state index in [1.54, 1.807) is 23.2 Å². The van der Waals surface area contributed by atoms with E-state index in [0.717, 1.165) is 39.5 Å². The minimum atomic E-state index is -0.191. The van der Waals surface area contributed by atoms with Gasteiger partial charge in [0.25, 0.3) is 0 Å². The number of hydrogen-bond acceptors (Lipinski definition) is 7. The van der Waals surface area contributed by atoms with E-state index in [2.05, 4.69) is 30.7 Å². The lowest BCUT2D eigenvalue weighted by Crippen LogP contribution is -2.21. The Labute approximate surface area is 186 Å². The van der Waals surface area contributed by atoms with Crippen LogP contribution in [0, 0.1) is 13.8 Å². The molecule has 1 aliphatic rings. The van der Waals surface area contributed by atoms with Gasteiger partial charge in [-0.2, -0.15) is 5.10 Å². The third-order valence-corrected chi connectivity index (χ3v) is 5.20. The molecule has 3 aromatic heterocycles. The molecule has 9 nitrogen and oxygen atoms in total. The van der Waals surface area contributed by atoms with Gasteiger partial charge in [0.05, 0.1) is 5.69 Å². The second kappa shape index (κ2) is 9.01. The molecule has 0 saturated heterocycles. The minimum Gasteiger partial charge on any atom is -0.372 e. The maximum Gasteiger partial charge on any atom is 0.247 e. The van der Waals surface area contributed by atoms with Crippen LogP contribution in [0.15, 0.2) is 47.9 Å². The summed E-state index contributed by atoms with van der Waals surface area (Å²) in [5, 5.41) is 10.5. The summed E-state index contributed by atoms with van der Waals surface area (Å²) in [5.41, 5.74) is 5.62. The fraction of sp³-hybridized carbons (Fsp3) is 0.261. The van der Waals surface area contributed by atoms with Gasteiger partial charge in [0.1, 0.15) is 24.8 Å². The van der Waals surface area contributed by atoms with E-state index in [1.165, 1.54) is 0 Å². The number of carbonyl (C=O) groups excluding carboxylic acids is 1. The van der Waals surface area contributed by atoms with Gasteiger partial charge in [0.2, 0.25) is 5.91 Å². The quantitative estimate of drug-likeness (QED) is 0.624. The van der Waals surface area contributed by atoms with E-state index in [1.807, 2.05) is 63.4 Å². The van der Waals surface area contributed by atoms with Crippen LogP contribution in [0.2, 0.25) is 0 Å². The highest BCUT2D eigenvalue weighted by Crippen LogP contribution is 2.27. The summed E-state index contributed by atoms with van der Waals surface area (Å²) < 4.78 is 1.71. The molecule has 3 aromatic rings. The van der Waals surface area contributed by atoms with Gasteiger partial charge < -0.3 is 15.5 Å². The first kappa shape index (κ1) is 21.2. The Balaban J connectivity index is 1.45. The Morgan fingerprint density at radius 2 is 1.91 bits per heavy atom. The third-order valence-electron chi connectivity index (χ3n) is 5.20. The molecular weight excluding hydrogens is 404 g/mol. The summed E-state index contributed by atoms with van der Waals surface area (Å²) in [6, 6.07) is 7.68. The SMILES string of the molecule is Cc1nn(CC(=O)Nc2ccc(C3=CNCN=C3)cn2)c(C)c1-c1ccc(N(C)C)nc1. The Kier molecular flexibility index (Phi) is 5.98. The highest BCUT2D eigenvalue weighted by molar-refractivity contribution is 6.10. The van der Waals surface area contributed by atoms with Crippen molar-refractivity contribution in [1.82, 2.24) is 25.1 Å². The monoisotopic (exact) mass is 430 g/mol. The zero-order chi connectivity index (χ0) is 22.7. The smallest absolute Gasteiger partial charge is 0.247 e. The first-order valence-electron chi connectivity index (χ1n) is 10.3. The van der Waals surface area contributed by atoms with Gasteiger partial charge in [-0.1, -0.05) is 0 Å². The predicted molar refractivity (Wildman–Crippen MR) is 127 cm³/mol. The van der Waals surface area contributed by atoms with Gasteiger partial charge in [0, 0.05) is 66.9 Å². The lowest BCUT2D eigenvalue weighted by atomic mass is 10.1. The Bertz CT molecular complexity index is 1170. The molecule has 2 N–H and O–H groups in total. The van der Waals surface area contributed by atoms with E-state index in [-0.39, 0.29) is 12.5 Å². The maximum atomic E-state index is 12.6. The van der Waals surface area contributed by atoms with Gasteiger partial charge in [-0.25, -0.2) is 9.97 Å². The lowest BCUT2D eigenvalue weighted by Gasteiger charge is -2.11. The number of aromatic nitrogens is 4. The number of anilines is 2. The number of aryl methyl sites for hydroxylation is 1. The number of nitrogens with one attached hydrogen (secondary N) is 2. The predicted octanol–water partition coefficient (Wildman–Crippen LogP) is 2.63. The summed E-state index contributed by atoms with van der Waals surface area (Å²) in [6.45, 7) is 4.58. The van der Waals surface area contributed by atoms with Crippen LogP contribution in [-0.2, 0) is 11.3 Å².